The highest BCUT2D eigenvalue weighted by molar-refractivity contribution is 7.16. The number of thiazole rings is 1. The first-order chi connectivity index (χ1) is 11.3. The lowest BCUT2D eigenvalue weighted by atomic mass is 10.1. The van der Waals surface area contributed by atoms with Crippen LogP contribution in [0.25, 0.3) is 11.3 Å². The van der Waals surface area contributed by atoms with E-state index < -0.39 is 41.3 Å². The van der Waals surface area contributed by atoms with Crippen LogP contribution in [-0.4, -0.2) is 23.5 Å². The minimum atomic E-state index is -1.09. The molecule has 5 nitrogen and oxygen atoms in total. The van der Waals surface area contributed by atoms with Gasteiger partial charge in [-0.1, -0.05) is 0 Å². The fourth-order valence-electron chi connectivity index (χ4n) is 1.96. The Morgan fingerprint density at radius 1 is 1.25 bits per heavy atom. The Balaban J connectivity index is 2.22. The van der Waals surface area contributed by atoms with E-state index >= 15 is 0 Å². The topological polar surface area (TPSA) is 68.3 Å². The summed E-state index contributed by atoms with van der Waals surface area (Å²) in [6.45, 7) is 3.31. The van der Waals surface area contributed by atoms with E-state index in [1.807, 2.05) is 0 Å². The van der Waals surface area contributed by atoms with E-state index in [1.54, 1.807) is 13.8 Å². The molecule has 1 aromatic heterocycles. The third kappa shape index (κ3) is 4.10. The van der Waals surface area contributed by atoms with Gasteiger partial charge < -0.3 is 10.1 Å². The first kappa shape index (κ1) is 17.9. The van der Waals surface area contributed by atoms with Gasteiger partial charge in [0.2, 0.25) is 5.91 Å². The van der Waals surface area contributed by atoms with Crippen molar-refractivity contribution in [2.24, 2.45) is 0 Å². The van der Waals surface area contributed by atoms with Gasteiger partial charge in [0.05, 0.1) is 17.9 Å². The van der Waals surface area contributed by atoms with Crippen LogP contribution < -0.4 is 5.32 Å². The van der Waals surface area contributed by atoms with E-state index in [0.29, 0.717) is 17.0 Å². The number of benzene rings is 1. The number of rotatable bonds is 5. The first-order valence-electron chi connectivity index (χ1n) is 6.89. The maximum atomic E-state index is 13.8. The zero-order valence-electron chi connectivity index (χ0n) is 12.8. The van der Waals surface area contributed by atoms with Gasteiger partial charge in [0.1, 0.15) is 23.9 Å². The SMILES string of the molecule is CCOC(=O)CC(=O)Nc1nc(-c2c(F)cc(F)cc2F)c(C)s1. The Kier molecular flexibility index (Phi) is 5.55. The molecule has 2 aromatic rings. The summed E-state index contributed by atoms with van der Waals surface area (Å²) in [6.07, 6.45) is -0.499. The maximum absolute atomic E-state index is 13.8. The number of aryl methyl sites for hydroxylation is 1. The Bertz CT molecular complexity index is 769. The van der Waals surface area contributed by atoms with Crippen LogP contribution in [0.3, 0.4) is 0 Å². The molecule has 1 N–H and O–H groups in total. The summed E-state index contributed by atoms with van der Waals surface area (Å²) in [5.41, 5.74) is -0.516. The predicted octanol–water partition coefficient (Wildman–Crippen LogP) is 3.43. The minimum Gasteiger partial charge on any atom is -0.466 e. The lowest BCUT2D eigenvalue weighted by Crippen LogP contribution is -2.18. The molecule has 0 bridgehead atoms. The second-order valence-corrected chi connectivity index (χ2v) is 5.90. The van der Waals surface area contributed by atoms with Crippen molar-refractivity contribution in [1.29, 1.82) is 0 Å². The van der Waals surface area contributed by atoms with E-state index in [4.69, 9.17) is 0 Å². The smallest absolute Gasteiger partial charge is 0.315 e. The number of aromatic nitrogens is 1. The highest BCUT2D eigenvalue weighted by Gasteiger charge is 2.20. The van der Waals surface area contributed by atoms with Crippen molar-refractivity contribution in [2.45, 2.75) is 20.3 Å². The van der Waals surface area contributed by atoms with Crippen LogP contribution in [0.2, 0.25) is 0 Å². The number of ether oxygens (including phenoxy) is 1. The maximum Gasteiger partial charge on any atom is 0.315 e. The molecule has 0 unspecified atom stereocenters. The van der Waals surface area contributed by atoms with Gasteiger partial charge in [-0.2, -0.15) is 0 Å². The second kappa shape index (κ2) is 7.43. The summed E-state index contributed by atoms with van der Waals surface area (Å²) >= 11 is 0.977. The molecule has 1 amide bonds. The normalized spacial score (nSPS) is 10.5. The zero-order valence-corrected chi connectivity index (χ0v) is 13.6. The number of nitrogens with zero attached hydrogens (tertiary/aromatic N) is 1. The lowest BCUT2D eigenvalue weighted by molar-refractivity contribution is -0.145. The summed E-state index contributed by atoms with van der Waals surface area (Å²) in [5, 5.41) is 2.43. The molecular weight excluding hydrogens is 345 g/mol. The van der Waals surface area contributed by atoms with Gasteiger partial charge >= 0.3 is 5.97 Å². The number of carbonyl (C=O) groups is 2. The molecule has 0 saturated carbocycles. The van der Waals surface area contributed by atoms with Gasteiger partial charge in [-0.05, 0) is 13.8 Å². The van der Waals surface area contributed by atoms with Crippen molar-refractivity contribution in [1.82, 2.24) is 4.98 Å². The van der Waals surface area contributed by atoms with E-state index in [1.165, 1.54) is 0 Å². The molecule has 1 aromatic carbocycles. The number of hydrogen-bond acceptors (Lipinski definition) is 5. The fourth-order valence-corrected chi connectivity index (χ4v) is 2.79. The molecule has 9 heteroatoms. The Morgan fingerprint density at radius 2 is 1.88 bits per heavy atom. The van der Waals surface area contributed by atoms with Crippen LogP contribution in [0.15, 0.2) is 12.1 Å². The molecule has 0 aliphatic carbocycles. The van der Waals surface area contributed by atoms with Gasteiger partial charge in [-0.3, -0.25) is 9.59 Å². The average Bonchev–Trinajstić information content (AvgIpc) is 2.78. The minimum absolute atomic E-state index is 0.0403. The van der Waals surface area contributed by atoms with E-state index in [-0.39, 0.29) is 17.4 Å². The molecule has 24 heavy (non-hydrogen) atoms. The van der Waals surface area contributed by atoms with Crippen molar-refractivity contribution < 1.29 is 27.5 Å². The second-order valence-electron chi connectivity index (χ2n) is 4.70. The third-order valence-electron chi connectivity index (χ3n) is 2.90. The van der Waals surface area contributed by atoms with Crippen LogP contribution in [0.1, 0.15) is 18.2 Å². The van der Waals surface area contributed by atoms with Crippen molar-refractivity contribution in [3.8, 4) is 11.3 Å². The highest BCUT2D eigenvalue weighted by atomic mass is 32.1. The quantitative estimate of drug-likeness (QED) is 0.657. The Hall–Kier alpha value is -2.42. The molecule has 0 aliphatic rings. The molecule has 1 heterocycles. The zero-order chi connectivity index (χ0) is 17.9. The Labute approximate surface area is 139 Å². The third-order valence-corrected chi connectivity index (χ3v) is 3.78. The van der Waals surface area contributed by atoms with Gasteiger partial charge in [0, 0.05) is 17.0 Å². The van der Waals surface area contributed by atoms with Gasteiger partial charge in [0.25, 0.3) is 0 Å². The number of carbonyl (C=O) groups excluding carboxylic acids is 2. The van der Waals surface area contributed by atoms with Crippen LogP contribution in [0.4, 0.5) is 18.3 Å². The van der Waals surface area contributed by atoms with Crippen molar-refractivity contribution >= 4 is 28.3 Å². The molecule has 0 spiro atoms. The summed E-state index contributed by atoms with van der Waals surface area (Å²) in [6, 6.07) is 1.10. The van der Waals surface area contributed by atoms with Crippen LogP contribution >= 0.6 is 11.3 Å². The van der Waals surface area contributed by atoms with Crippen molar-refractivity contribution in [2.75, 3.05) is 11.9 Å². The standard InChI is InChI=1S/C15H13F3N2O3S/c1-3-23-12(22)6-11(21)19-15-20-14(7(2)24-15)13-9(17)4-8(16)5-10(13)18/h4-5H,3,6H2,1-2H3,(H,19,20,21). The molecule has 0 atom stereocenters. The van der Waals surface area contributed by atoms with E-state index in [9.17, 15) is 22.8 Å². The van der Waals surface area contributed by atoms with Crippen LogP contribution in [0.5, 0.6) is 0 Å². The number of hydrogen-bond donors (Lipinski definition) is 1. The van der Waals surface area contributed by atoms with E-state index in [2.05, 4.69) is 15.0 Å². The van der Waals surface area contributed by atoms with E-state index in [0.717, 1.165) is 11.3 Å². The Morgan fingerprint density at radius 3 is 2.46 bits per heavy atom. The molecule has 2 rings (SSSR count). The molecule has 0 saturated heterocycles. The van der Waals surface area contributed by atoms with Gasteiger partial charge in [-0.15, -0.1) is 11.3 Å². The van der Waals surface area contributed by atoms with Crippen LogP contribution in [-0.2, 0) is 14.3 Å². The molecule has 0 aliphatic heterocycles. The molecule has 0 fully saturated rings. The summed E-state index contributed by atoms with van der Waals surface area (Å²) < 4.78 is 45.3. The molecule has 0 radical (unpaired) electrons. The number of esters is 1. The monoisotopic (exact) mass is 358 g/mol. The number of nitrogens with one attached hydrogen (secondary N) is 1. The predicted molar refractivity (Wildman–Crippen MR) is 82.0 cm³/mol. The number of halogens is 3. The molecular formula is C15H13F3N2O3S. The van der Waals surface area contributed by atoms with Crippen molar-refractivity contribution in [3.05, 3.63) is 34.5 Å². The van der Waals surface area contributed by atoms with Gasteiger partial charge in [0.15, 0.2) is 5.13 Å². The summed E-state index contributed by atoms with van der Waals surface area (Å²) in [4.78, 5) is 27.3. The number of amides is 1. The van der Waals surface area contributed by atoms with Gasteiger partial charge in [-0.25, -0.2) is 18.2 Å². The highest BCUT2D eigenvalue weighted by Crippen LogP contribution is 2.34. The average molecular weight is 358 g/mol. The lowest BCUT2D eigenvalue weighted by Gasteiger charge is -2.03. The number of anilines is 1. The first-order valence-corrected chi connectivity index (χ1v) is 7.71. The van der Waals surface area contributed by atoms with Crippen LogP contribution in [0, 0.1) is 24.4 Å². The summed E-state index contributed by atoms with van der Waals surface area (Å²) in [7, 11) is 0. The fraction of sp³-hybridized carbons (Fsp3) is 0.267. The summed E-state index contributed by atoms with van der Waals surface area (Å²) in [5.74, 6) is -4.58. The van der Waals surface area contributed by atoms with Crippen molar-refractivity contribution in [3.63, 3.8) is 0 Å². The largest absolute Gasteiger partial charge is 0.466 e. The molecule has 128 valence electrons.